The van der Waals surface area contributed by atoms with E-state index in [-0.39, 0.29) is 5.91 Å². The quantitative estimate of drug-likeness (QED) is 0.547. The van der Waals surface area contributed by atoms with Gasteiger partial charge in [0.05, 0.1) is 11.9 Å². The van der Waals surface area contributed by atoms with Crippen molar-refractivity contribution in [3.05, 3.63) is 70.6 Å². The first kappa shape index (κ1) is 15.1. The molecular weight excluding hydrogens is 358 g/mol. The molecule has 0 aliphatic carbocycles. The van der Waals surface area contributed by atoms with E-state index in [1.54, 1.807) is 24.5 Å². The van der Waals surface area contributed by atoms with Crippen LogP contribution in [0.5, 0.6) is 0 Å². The number of H-pyrrole nitrogens is 1. The molecule has 2 heterocycles. The van der Waals surface area contributed by atoms with E-state index in [0.29, 0.717) is 11.4 Å². The molecule has 3 rings (SSSR count). The molecular formula is C16H12BrN5O. The maximum absolute atomic E-state index is 12.0. The molecule has 114 valence electrons. The molecule has 0 saturated heterocycles. The third kappa shape index (κ3) is 3.89. The smallest absolute Gasteiger partial charge is 0.272 e. The molecule has 2 aromatic heterocycles. The molecule has 23 heavy (non-hydrogen) atoms. The van der Waals surface area contributed by atoms with E-state index in [1.807, 2.05) is 30.3 Å². The van der Waals surface area contributed by atoms with E-state index in [2.05, 4.69) is 41.6 Å². The summed E-state index contributed by atoms with van der Waals surface area (Å²) >= 11 is 3.38. The molecule has 0 radical (unpaired) electrons. The highest BCUT2D eigenvalue weighted by molar-refractivity contribution is 9.10. The second kappa shape index (κ2) is 6.97. The largest absolute Gasteiger partial charge is 0.289 e. The highest BCUT2D eigenvalue weighted by atomic mass is 79.9. The first-order valence-electron chi connectivity index (χ1n) is 6.77. The molecule has 0 spiro atoms. The molecule has 0 saturated carbocycles. The van der Waals surface area contributed by atoms with Crippen LogP contribution >= 0.6 is 15.9 Å². The lowest BCUT2D eigenvalue weighted by molar-refractivity contribution is 0.0950. The van der Waals surface area contributed by atoms with Gasteiger partial charge in [-0.3, -0.25) is 14.9 Å². The van der Waals surface area contributed by atoms with Crippen LogP contribution in [0.2, 0.25) is 0 Å². The van der Waals surface area contributed by atoms with Crippen LogP contribution in [0.25, 0.3) is 11.3 Å². The summed E-state index contributed by atoms with van der Waals surface area (Å²) in [6, 6.07) is 13.0. The van der Waals surface area contributed by atoms with Crippen LogP contribution in [0.1, 0.15) is 16.1 Å². The van der Waals surface area contributed by atoms with Gasteiger partial charge in [0.1, 0.15) is 5.69 Å². The summed E-state index contributed by atoms with van der Waals surface area (Å²) < 4.78 is 0.986. The minimum Gasteiger partial charge on any atom is -0.272 e. The zero-order chi connectivity index (χ0) is 16.1. The molecule has 7 heteroatoms. The Bertz CT molecular complexity index is 827. The normalized spacial score (nSPS) is 10.8. The molecule has 0 bridgehead atoms. The number of hydrazone groups is 1. The lowest BCUT2D eigenvalue weighted by Crippen LogP contribution is -2.18. The molecule has 1 aromatic carbocycles. The van der Waals surface area contributed by atoms with Gasteiger partial charge in [-0.2, -0.15) is 10.2 Å². The lowest BCUT2D eigenvalue weighted by atomic mass is 10.1. The second-order valence-electron chi connectivity index (χ2n) is 4.66. The predicted octanol–water partition coefficient (Wildman–Crippen LogP) is 3.00. The van der Waals surface area contributed by atoms with E-state index in [1.165, 1.54) is 6.21 Å². The molecule has 1 amide bonds. The zero-order valence-corrected chi connectivity index (χ0v) is 13.5. The predicted molar refractivity (Wildman–Crippen MR) is 91.0 cm³/mol. The highest BCUT2D eigenvalue weighted by Crippen LogP contribution is 2.20. The Kier molecular flexibility index (Phi) is 4.58. The highest BCUT2D eigenvalue weighted by Gasteiger charge is 2.10. The van der Waals surface area contributed by atoms with E-state index in [0.717, 1.165) is 15.6 Å². The number of pyridine rings is 1. The number of halogens is 1. The van der Waals surface area contributed by atoms with Crippen LogP contribution in [-0.4, -0.2) is 27.3 Å². The Hall–Kier alpha value is -2.80. The lowest BCUT2D eigenvalue weighted by Gasteiger charge is -1.96. The fourth-order valence-corrected chi connectivity index (χ4v) is 2.15. The minimum absolute atomic E-state index is 0.339. The number of nitrogens with zero attached hydrogens (tertiary/aromatic N) is 3. The summed E-state index contributed by atoms with van der Waals surface area (Å²) in [7, 11) is 0. The Morgan fingerprint density at radius 2 is 2.09 bits per heavy atom. The first-order chi connectivity index (χ1) is 11.2. The van der Waals surface area contributed by atoms with Crippen molar-refractivity contribution in [3.63, 3.8) is 0 Å². The SMILES string of the molecule is O=C(NN=Cc1cccnc1)c1cc(-c2ccc(Br)cc2)n[nH]1. The number of rotatable bonds is 4. The number of carbonyl (C=O) groups is 1. The fraction of sp³-hybridized carbons (Fsp3) is 0. The van der Waals surface area contributed by atoms with Crippen LogP contribution in [0, 0.1) is 0 Å². The summed E-state index contributed by atoms with van der Waals surface area (Å²) in [6.07, 6.45) is 4.85. The fourth-order valence-electron chi connectivity index (χ4n) is 1.88. The molecule has 6 nitrogen and oxygen atoms in total. The van der Waals surface area contributed by atoms with Gasteiger partial charge in [0.25, 0.3) is 5.91 Å². The first-order valence-corrected chi connectivity index (χ1v) is 7.56. The van der Waals surface area contributed by atoms with Crippen molar-refractivity contribution in [2.45, 2.75) is 0 Å². The average molecular weight is 370 g/mol. The topological polar surface area (TPSA) is 83.0 Å². The summed E-state index contributed by atoms with van der Waals surface area (Å²) in [5, 5.41) is 10.7. The van der Waals surface area contributed by atoms with Gasteiger partial charge in [-0.15, -0.1) is 0 Å². The molecule has 0 aliphatic heterocycles. The van der Waals surface area contributed by atoms with E-state index in [4.69, 9.17) is 0 Å². The number of aromatic nitrogens is 3. The van der Waals surface area contributed by atoms with Gasteiger partial charge in [-0.25, -0.2) is 5.43 Å². The van der Waals surface area contributed by atoms with Gasteiger partial charge >= 0.3 is 0 Å². The number of nitrogens with one attached hydrogen (secondary N) is 2. The van der Waals surface area contributed by atoms with Crippen molar-refractivity contribution in [1.29, 1.82) is 0 Å². The molecule has 0 fully saturated rings. The number of aromatic amines is 1. The standard InChI is InChI=1S/C16H12BrN5O/c17-13-5-3-12(4-6-13)14-8-15(21-20-14)16(23)22-19-10-11-2-1-7-18-9-11/h1-10H,(H,20,21)(H,22,23). The summed E-state index contributed by atoms with van der Waals surface area (Å²) in [4.78, 5) is 16.0. The average Bonchev–Trinajstić information content (AvgIpc) is 3.06. The Labute approximate surface area is 140 Å². The van der Waals surface area contributed by atoms with E-state index >= 15 is 0 Å². The van der Waals surface area contributed by atoms with Crippen LogP contribution in [-0.2, 0) is 0 Å². The summed E-state index contributed by atoms with van der Waals surface area (Å²) in [6.45, 7) is 0. The summed E-state index contributed by atoms with van der Waals surface area (Å²) in [5.74, 6) is -0.360. The van der Waals surface area contributed by atoms with Gasteiger partial charge in [0.15, 0.2) is 0 Å². The van der Waals surface area contributed by atoms with Gasteiger partial charge in [-0.05, 0) is 24.3 Å². The van der Waals surface area contributed by atoms with Crippen LogP contribution < -0.4 is 5.43 Å². The molecule has 0 atom stereocenters. The van der Waals surface area contributed by atoms with Gasteiger partial charge in [0.2, 0.25) is 0 Å². The van der Waals surface area contributed by atoms with Crippen LogP contribution in [0.15, 0.2) is 64.4 Å². The second-order valence-corrected chi connectivity index (χ2v) is 5.57. The monoisotopic (exact) mass is 369 g/mol. The van der Waals surface area contributed by atoms with Crippen molar-refractivity contribution in [1.82, 2.24) is 20.6 Å². The Balaban J connectivity index is 1.67. The van der Waals surface area contributed by atoms with Gasteiger partial charge in [-0.1, -0.05) is 34.1 Å². The maximum Gasteiger partial charge on any atom is 0.289 e. The third-order valence-corrected chi connectivity index (χ3v) is 3.56. The number of hydrogen-bond acceptors (Lipinski definition) is 4. The number of carbonyl (C=O) groups excluding carboxylic acids is 1. The van der Waals surface area contributed by atoms with Gasteiger partial charge < -0.3 is 0 Å². The van der Waals surface area contributed by atoms with Crippen LogP contribution in [0.3, 0.4) is 0 Å². The van der Waals surface area contributed by atoms with Crippen molar-refractivity contribution < 1.29 is 4.79 Å². The molecule has 0 aliphatic rings. The number of hydrogen-bond donors (Lipinski definition) is 2. The Morgan fingerprint density at radius 1 is 1.26 bits per heavy atom. The van der Waals surface area contributed by atoms with Crippen molar-refractivity contribution in [2.24, 2.45) is 5.10 Å². The van der Waals surface area contributed by atoms with Crippen molar-refractivity contribution in [3.8, 4) is 11.3 Å². The van der Waals surface area contributed by atoms with Crippen LogP contribution in [0.4, 0.5) is 0 Å². The van der Waals surface area contributed by atoms with Crippen molar-refractivity contribution in [2.75, 3.05) is 0 Å². The van der Waals surface area contributed by atoms with E-state index in [9.17, 15) is 4.79 Å². The zero-order valence-electron chi connectivity index (χ0n) is 11.9. The minimum atomic E-state index is -0.360. The van der Waals surface area contributed by atoms with Crippen molar-refractivity contribution >= 4 is 28.1 Å². The van der Waals surface area contributed by atoms with Gasteiger partial charge in [0, 0.05) is 28.0 Å². The number of benzene rings is 1. The molecule has 0 unspecified atom stereocenters. The summed E-state index contributed by atoms with van der Waals surface area (Å²) in [5.41, 5.74) is 5.20. The third-order valence-electron chi connectivity index (χ3n) is 3.03. The maximum atomic E-state index is 12.0. The molecule has 3 aromatic rings. The van der Waals surface area contributed by atoms with E-state index < -0.39 is 0 Å². The Morgan fingerprint density at radius 3 is 2.83 bits per heavy atom. The number of amides is 1. The molecule has 2 N–H and O–H groups in total.